The first-order chi connectivity index (χ1) is 6.88. The van der Waals surface area contributed by atoms with E-state index < -0.39 is 0 Å². The lowest BCUT2D eigenvalue weighted by Crippen LogP contribution is -2.08. The van der Waals surface area contributed by atoms with E-state index in [4.69, 9.17) is 9.68 Å². The maximum atomic E-state index is 8.61. The zero-order chi connectivity index (χ0) is 9.80. The Bertz CT molecular complexity index is 328. The molecule has 1 fully saturated rings. The summed E-state index contributed by atoms with van der Waals surface area (Å²) in [4.78, 5) is 0. The van der Waals surface area contributed by atoms with Crippen LogP contribution in [0.15, 0.2) is 16.5 Å². The van der Waals surface area contributed by atoms with Crippen molar-refractivity contribution in [3.8, 4) is 6.07 Å². The fraction of sp³-hybridized carbons (Fsp3) is 0.583. The number of nitriles is 1. The van der Waals surface area contributed by atoms with Gasteiger partial charge >= 0.3 is 0 Å². The molecule has 1 heterocycles. The molecule has 0 bridgehead atoms. The first kappa shape index (κ1) is 9.33. The minimum absolute atomic E-state index is 0.441. The van der Waals surface area contributed by atoms with Crippen LogP contribution < -0.4 is 0 Å². The summed E-state index contributed by atoms with van der Waals surface area (Å²) < 4.78 is 5.37. The van der Waals surface area contributed by atoms with Crippen molar-refractivity contribution in [3.63, 3.8) is 0 Å². The highest BCUT2D eigenvalue weighted by molar-refractivity contribution is 5.19. The lowest BCUT2D eigenvalue weighted by molar-refractivity contribution is 0.333. The summed E-state index contributed by atoms with van der Waals surface area (Å²) >= 11 is 0. The van der Waals surface area contributed by atoms with Crippen LogP contribution in [0.2, 0.25) is 0 Å². The Kier molecular flexibility index (Phi) is 2.88. The fourth-order valence-corrected chi connectivity index (χ4v) is 2.22. The van der Waals surface area contributed by atoms with Crippen molar-refractivity contribution in [1.29, 1.82) is 5.26 Å². The average Bonchev–Trinajstić information content (AvgIpc) is 2.67. The minimum Gasteiger partial charge on any atom is -0.451 e. The molecule has 1 aliphatic carbocycles. The highest BCUT2D eigenvalue weighted by atomic mass is 16.3. The third-order valence-corrected chi connectivity index (χ3v) is 2.99. The molecule has 74 valence electrons. The second kappa shape index (κ2) is 4.32. The summed E-state index contributed by atoms with van der Waals surface area (Å²) in [6.07, 6.45) is 7.76. The summed E-state index contributed by atoms with van der Waals surface area (Å²) in [5.41, 5.74) is 0. The van der Waals surface area contributed by atoms with Crippen molar-refractivity contribution in [3.05, 3.63) is 23.7 Å². The zero-order valence-corrected chi connectivity index (χ0v) is 8.33. The molecule has 0 saturated heterocycles. The Morgan fingerprint density at radius 1 is 1.29 bits per heavy atom. The average molecular weight is 189 g/mol. The Morgan fingerprint density at radius 3 is 2.71 bits per heavy atom. The van der Waals surface area contributed by atoms with Gasteiger partial charge < -0.3 is 4.42 Å². The van der Waals surface area contributed by atoms with Gasteiger partial charge in [-0.05, 0) is 18.1 Å². The largest absolute Gasteiger partial charge is 0.451 e. The number of nitrogens with zero attached hydrogens (tertiary/aromatic N) is 1. The minimum atomic E-state index is 0.441. The van der Waals surface area contributed by atoms with Gasteiger partial charge in [-0.25, -0.2) is 0 Å². The highest BCUT2D eigenvalue weighted by Crippen LogP contribution is 2.27. The van der Waals surface area contributed by atoms with Crippen LogP contribution in [0, 0.1) is 17.2 Å². The van der Waals surface area contributed by atoms with Gasteiger partial charge in [-0.3, -0.25) is 0 Å². The van der Waals surface area contributed by atoms with Crippen molar-refractivity contribution < 1.29 is 4.42 Å². The molecule has 2 nitrogen and oxygen atoms in total. The molecule has 1 aromatic heterocycles. The van der Waals surface area contributed by atoms with E-state index >= 15 is 0 Å². The molecule has 0 unspecified atom stereocenters. The molecular weight excluding hydrogens is 174 g/mol. The molecule has 14 heavy (non-hydrogen) atoms. The predicted octanol–water partition coefficient (Wildman–Crippen LogP) is 3.27. The molecule has 2 rings (SSSR count). The molecule has 0 aromatic carbocycles. The second-order valence-corrected chi connectivity index (χ2v) is 4.09. The molecular formula is C12H15NO. The summed E-state index contributed by atoms with van der Waals surface area (Å²) in [6, 6.07) is 5.72. The Labute approximate surface area is 84.5 Å². The summed E-state index contributed by atoms with van der Waals surface area (Å²) in [5.74, 6) is 2.20. The molecule has 0 aliphatic heterocycles. The molecule has 1 aromatic rings. The van der Waals surface area contributed by atoms with Gasteiger partial charge in [-0.2, -0.15) is 5.26 Å². The zero-order valence-electron chi connectivity index (χ0n) is 8.33. The van der Waals surface area contributed by atoms with Gasteiger partial charge in [0.25, 0.3) is 0 Å². The first-order valence-electron chi connectivity index (χ1n) is 5.37. The third kappa shape index (κ3) is 2.17. The van der Waals surface area contributed by atoms with E-state index in [1.54, 1.807) is 6.07 Å². The maximum absolute atomic E-state index is 8.61. The van der Waals surface area contributed by atoms with Crippen molar-refractivity contribution in [1.82, 2.24) is 0 Å². The normalized spacial score (nSPS) is 17.9. The quantitative estimate of drug-likeness (QED) is 0.715. The SMILES string of the molecule is N#Cc1ccc(CC2CCCCC2)o1. The molecule has 1 saturated carbocycles. The van der Waals surface area contributed by atoms with Gasteiger partial charge in [0.1, 0.15) is 11.8 Å². The number of rotatable bonds is 2. The molecule has 1 aliphatic rings. The fourth-order valence-electron chi connectivity index (χ4n) is 2.22. The van der Waals surface area contributed by atoms with Gasteiger partial charge in [-0.15, -0.1) is 0 Å². The molecule has 0 atom stereocenters. The topological polar surface area (TPSA) is 36.9 Å². The van der Waals surface area contributed by atoms with Crippen LogP contribution in [0.1, 0.15) is 43.6 Å². The number of hydrogen-bond acceptors (Lipinski definition) is 2. The Morgan fingerprint density at radius 2 is 2.07 bits per heavy atom. The third-order valence-electron chi connectivity index (χ3n) is 2.99. The van der Waals surface area contributed by atoms with Crippen LogP contribution in [-0.4, -0.2) is 0 Å². The molecule has 0 N–H and O–H groups in total. The molecule has 0 radical (unpaired) electrons. The van der Waals surface area contributed by atoms with E-state index in [2.05, 4.69) is 0 Å². The summed E-state index contributed by atoms with van der Waals surface area (Å²) in [6.45, 7) is 0. The standard InChI is InChI=1S/C12H15NO/c13-9-12-7-6-11(14-12)8-10-4-2-1-3-5-10/h6-7,10H,1-5,8H2. The van der Waals surface area contributed by atoms with E-state index in [0.29, 0.717) is 5.76 Å². The van der Waals surface area contributed by atoms with E-state index in [-0.39, 0.29) is 0 Å². The van der Waals surface area contributed by atoms with Gasteiger partial charge in [0.05, 0.1) is 0 Å². The van der Waals surface area contributed by atoms with E-state index in [1.165, 1.54) is 32.1 Å². The summed E-state index contributed by atoms with van der Waals surface area (Å²) in [5, 5.41) is 8.61. The van der Waals surface area contributed by atoms with E-state index in [0.717, 1.165) is 18.1 Å². The van der Waals surface area contributed by atoms with Crippen molar-refractivity contribution in [2.45, 2.75) is 38.5 Å². The van der Waals surface area contributed by atoms with Gasteiger partial charge in [-0.1, -0.05) is 32.1 Å². The molecule has 0 amide bonds. The second-order valence-electron chi connectivity index (χ2n) is 4.09. The lowest BCUT2D eigenvalue weighted by atomic mass is 9.86. The van der Waals surface area contributed by atoms with Crippen molar-refractivity contribution in [2.75, 3.05) is 0 Å². The summed E-state index contributed by atoms with van der Waals surface area (Å²) in [7, 11) is 0. The number of furan rings is 1. The maximum Gasteiger partial charge on any atom is 0.203 e. The molecule has 0 spiro atoms. The molecule has 2 heteroatoms. The van der Waals surface area contributed by atoms with Crippen LogP contribution in [0.5, 0.6) is 0 Å². The van der Waals surface area contributed by atoms with Gasteiger partial charge in [0.15, 0.2) is 0 Å². The van der Waals surface area contributed by atoms with E-state index in [1.807, 2.05) is 12.1 Å². The highest BCUT2D eigenvalue weighted by Gasteiger charge is 2.15. The smallest absolute Gasteiger partial charge is 0.203 e. The number of hydrogen-bond donors (Lipinski definition) is 0. The lowest BCUT2D eigenvalue weighted by Gasteiger charge is -2.20. The van der Waals surface area contributed by atoms with Crippen LogP contribution in [0.25, 0.3) is 0 Å². The van der Waals surface area contributed by atoms with Crippen LogP contribution in [-0.2, 0) is 6.42 Å². The van der Waals surface area contributed by atoms with Gasteiger partial charge in [0, 0.05) is 6.42 Å². The van der Waals surface area contributed by atoms with E-state index in [9.17, 15) is 0 Å². The van der Waals surface area contributed by atoms with Crippen LogP contribution in [0.4, 0.5) is 0 Å². The van der Waals surface area contributed by atoms with Crippen LogP contribution >= 0.6 is 0 Å². The van der Waals surface area contributed by atoms with Crippen molar-refractivity contribution in [2.24, 2.45) is 5.92 Å². The Balaban J connectivity index is 1.93. The van der Waals surface area contributed by atoms with Crippen LogP contribution in [0.3, 0.4) is 0 Å². The first-order valence-corrected chi connectivity index (χ1v) is 5.37. The predicted molar refractivity (Wildman–Crippen MR) is 53.7 cm³/mol. The van der Waals surface area contributed by atoms with Crippen molar-refractivity contribution >= 4 is 0 Å². The van der Waals surface area contributed by atoms with Gasteiger partial charge in [0.2, 0.25) is 5.76 Å². The Hall–Kier alpha value is -1.23. The monoisotopic (exact) mass is 189 g/mol.